The molecule has 1 aromatic carbocycles. The van der Waals surface area contributed by atoms with E-state index in [2.05, 4.69) is 0 Å². The van der Waals surface area contributed by atoms with Crippen LogP contribution in [0.15, 0.2) is 18.2 Å². The fraction of sp³-hybridized carbons (Fsp3) is 0.500. The maximum absolute atomic E-state index is 12.9. The van der Waals surface area contributed by atoms with Gasteiger partial charge < -0.3 is 27.2 Å². The van der Waals surface area contributed by atoms with Crippen molar-refractivity contribution in [3.63, 3.8) is 0 Å². The molecule has 0 spiro atoms. The van der Waals surface area contributed by atoms with E-state index in [1.807, 2.05) is 6.92 Å². The standard InChI is InChI=1S/C12H17BF3O3.K/c1-3-6-18-7-8-19-12-5-4-10(17-2)9-11(12)13(14,15)16;/h4-5,9H,3,6-8H2,1-2H3;/q-1;+1. The van der Waals surface area contributed by atoms with Gasteiger partial charge in [-0.15, -0.1) is 0 Å². The van der Waals surface area contributed by atoms with Crippen LogP contribution in [0.3, 0.4) is 0 Å². The zero-order valence-electron chi connectivity index (χ0n) is 12.0. The third-order valence-corrected chi connectivity index (χ3v) is 2.40. The molecule has 108 valence electrons. The van der Waals surface area contributed by atoms with Crippen LogP contribution in [0.2, 0.25) is 0 Å². The molecule has 0 atom stereocenters. The molecule has 0 saturated heterocycles. The molecule has 0 radical (unpaired) electrons. The van der Waals surface area contributed by atoms with E-state index in [4.69, 9.17) is 14.2 Å². The summed E-state index contributed by atoms with van der Waals surface area (Å²) in [6.45, 7) is -2.26. The van der Waals surface area contributed by atoms with Gasteiger partial charge in [-0.2, -0.15) is 0 Å². The second-order valence-electron chi connectivity index (χ2n) is 3.94. The Kier molecular flexibility index (Phi) is 10.2. The largest absolute Gasteiger partial charge is 1.00 e. The molecule has 0 aliphatic rings. The van der Waals surface area contributed by atoms with Crippen molar-refractivity contribution in [2.24, 2.45) is 0 Å². The van der Waals surface area contributed by atoms with Gasteiger partial charge in [-0.05, 0) is 24.6 Å². The topological polar surface area (TPSA) is 27.7 Å². The van der Waals surface area contributed by atoms with Gasteiger partial charge in [-0.3, -0.25) is 0 Å². The van der Waals surface area contributed by atoms with E-state index in [1.165, 1.54) is 19.2 Å². The number of halogens is 3. The first-order valence-corrected chi connectivity index (χ1v) is 6.07. The van der Waals surface area contributed by atoms with Crippen molar-refractivity contribution in [1.29, 1.82) is 0 Å². The van der Waals surface area contributed by atoms with Crippen LogP contribution in [-0.2, 0) is 4.74 Å². The van der Waals surface area contributed by atoms with Crippen molar-refractivity contribution in [3.05, 3.63) is 18.2 Å². The van der Waals surface area contributed by atoms with E-state index in [1.54, 1.807) is 0 Å². The summed E-state index contributed by atoms with van der Waals surface area (Å²) in [6, 6.07) is 3.65. The molecule has 0 saturated carbocycles. The molecule has 0 aromatic heterocycles. The molecule has 0 aliphatic heterocycles. The summed E-state index contributed by atoms with van der Waals surface area (Å²) >= 11 is 0. The van der Waals surface area contributed by atoms with Gasteiger partial charge in [0.2, 0.25) is 0 Å². The summed E-state index contributed by atoms with van der Waals surface area (Å²) < 4.78 is 53.7. The van der Waals surface area contributed by atoms with E-state index >= 15 is 0 Å². The van der Waals surface area contributed by atoms with Crippen LogP contribution in [0.4, 0.5) is 12.9 Å². The first-order valence-electron chi connectivity index (χ1n) is 6.07. The molecule has 0 heterocycles. The van der Waals surface area contributed by atoms with Crippen molar-refractivity contribution >= 4 is 12.4 Å². The van der Waals surface area contributed by atoms with Gasteiger partial charge in [-0.1, -0.05) is 12.4 Å². The summed E-state index contributed by atoms with van der Waals surface area (Å²) in [6.07, 6.45) is 0.861. The number of hydrogen-bond acceptors (Lipinski definition) is 3. The first-order chi connectivity index (χ1) is 8.99. The minimum absolute atomic E-state index is 0. The van der Waals surface area contributed by atoms with Crippen molar-refractivity contribution in [3.8, 4) is 11.5 Å². The Morgan fingerprint density at radius 2 is 1.80 bits per heavy atom. The van der Waals surface area contributed by atoms with Gasteiger partial charge in [0.25, 0.3) is 0 Å². The Morgan fingerprint density at radius 1 is 1.10 bits per heavy atom. The maximum Gasteiger partial charge on any atom is 1.00 e. The fourth-order valence-corrected chi connectivity index (χ4v) is 1.50. The summed E-state index contributed by atoms with van der Waals surface area (Å²) in [5.74, 6) is -0.0304. The van der Waals surface area contributed by atoms with Crippen LogP contribution in [0.25, 0.3) is 0 Å². The van der Waals surface area contributed by atoms with Crippen LogP contribution in [0.5, 0.6) is 11.5 Å². The minimum Gasteiger partial charge on any atom is -0.497 e. The SMILES string of the molecule is CCCOCCOc1ccc(OC)cc1[B-](F)(F)F.[K+]. The first kappa shape index (κ1) is 20.3. The summed E-state index contributed by atoms with van der Waals surface area (Å²) in [5, 5.41) is 0. The molecule has 0 amide bonds. The smallest absolute Gasteiger partial charge is 0.497 e. The van der Waals surface area contributed by atoms with Gasteiger partial charge >= 0.3 is 58.4 Å². The van der Waals surface area contributed by atoms with E-state index in [-0.39, 0.29) is 76.1 Å². The summed E-state index contributed by atoms with van der Waals surface area (Å²) in [4.78, 5) is 0. The Labute approximate surface area is 159 Å². The molecular formula is C12H17BF3KO3. The van der Waals surface area contributed by atoms with Crippen LogP contribution < -0.4 is 66.3 Å². The van der Waals surface area contributed by atoms with E-state index in [9.17, 15) is 12.9 Å². The van der Waals surface area contributed by atoms with Gasteiger partial charge in [-0.25, -0.2) is 0 Å². The zero-order chi connectivity index (χ0) is 14.3. The van der Waals surface area contributed by atoms with Crippen molar-refractivity contribution in [2.75, 3.05) is 26.9 Å². The number of benzene rings is 1. The van der Waals surface area contributed by atoms with Gasteiger partial charge in [0, 0.05) is 6.61 Å². The Bertz CT molecular complexity index is 402. The van der Waals surface area contributed by atoms with E-state index < -0.39 is 12.4 Å². The Balaban J connectivity index is 0.00000361. The monoisotopic (exact) mass is 316 g/mol. The third kappa shape index (κ3) is 6.82. The predicted octanol–water partition coefficient (Wildman–Crippen LogP) is -0.441. The van der Waals surface area contributed by atoms with Gasteiger partial charge in [0.15, 0.2) is 0 Å². The molecule has 8 heteroatoms. The van der Waals surface area contributed by atoms with Crippen LogP contribution in [-0.4, -0.2) is 33.9 Å². The molecule has 3 nitrogen and oxygen atoms in total. The fourth-order valence-electron chi connectivity index (χ4n) is 1.50. The number of methoxy groups -OCH3 is 1. The summed E-state index contributed by atoms with van der Waals surface area (Å²) in [5.41, 5.74) is -0.783. The van der Waals surface area contributed by atoms with Crippen LogP contribution >= 0.6 is 0 Å². The average Bonchev–Trinajstić information content (AvgIpc) is 2.37. The third-order valence-electron chi connectivity index (χ3n) is 2.40. The van der Waals surface area contributed by atoms with E-state index in [0.29, 0.717) is 6.61 Å². The number of hydrogen-bond donors (Lipinski definition) is 0. The van der Waals surface area contributed by atoms with Gasteiger partial charge in [0.1, 0.15) is 12.4 Å². The second-order valence-corrected chi connectivity index (χ2v) is 3.94. The normalized spacial score (nSPS) is 10.8. The number of rotatable bonds is 8. The van der Waals surface area contributed by atoms with Crippen LogP contribution in [0, 0.1) is 0 Å². The average molecular weight is 316 g/mol. The molecule has 0 fully saturated rings. The molecule has 0 bridgehead atoms. The van der Waals surface area contributed by atoms with Crippen molar-refractivity contribution in [2.45, 2.75) is 13.3 Å². The molecule has 20 heavy (non-hydrogen) atoms. The minimum atomic E-state index is -5.14. The molecule has 1 aromatic rings. The Morgan fingerprint density at radius 3 is 2.35 bits per heavy atom. The predicted molar refractivity (Wildman–Crippen MR) is 68.3 cm³/mol. The van der Waals surface area contributed by atoms with Gasteiger partial charge in [0.05, 0.1) is 19.5 Å². The molecule has 0 aliphatic carbocycles. The second kappa shape index (κ2) is 10.1. The van der Waals surface area contributed by atoms with E-state index in [0.717, 1.165) is 12.5 Å². The maximum atomic E-state index is 12.9. The number of ether oxygens (including phenoxy) is 3. The van der Waals surface area contributed by atoms with Crippen molar-refractivity contribution in [1.82, 2.24) is 0 Å². The quantitative estimate of drug-likeness (QED) is 0.481. The van der Waals surface area contributed by atoms with Crippen molar-refractivity contribution < 1.29 is 78.5 Å². The molecular weight excluding hydrogens is 299 g/mol. The molecule has 1 rings (SSSR count). The van der Waals surface area contributed by atoms with Crippen LogP contribution in [0.1, 0.15) is 13.3 Å². The summed E-state index contributed by atoms with van der Waals surface area (Å²) in [7, 11) is 1.32. The molecule has 0 N–H and O–H groups in total. The molecule has 0 unspecified atom stereocenters. The Hall–Kier alpha value is 0.271. The zero-order valence-corrected chi connectivity index (χ0v) is 15.1.